The molecule has 1 fully saturated rings. The Morgan fingerprint density at radius 1 is 1.32 bits per heavy atom. The van der Waals surface area contributed by atoms with Gasteiger partial charge < -0.3 is 5.32 Å². The lowest BCUT2D eigenvalue weighted by Crippen LogP contribution is -2.49. The van der Waals surface area contributed by atoms with E-state index >= 15 is 0 Å². The average molecular weight is 303 g/mol. The van der Waals surface area contributed by atoms with Crippen LogP contribution in [0.4, 0.5) is 13.2 Å². The monoisotopic (exact) mass is 303 g/mol. The van der Waals surface area contributed by atoms with Crippen molar-refractivity contribution in [2.45, 2.75) is 32.0 Å². The number of alkyl halides is 3. The highest BCUT2D eigenvalue weighted by atomic mass is 32.2. The quantitative estimate of drug-likeness (QED) is 0.786. The predicted molar refractivity (Wildman–Crippen MR) is 65.8 cm³/mol. The number of halogens is 3. The van der Waals surface area contributed by atoms with E-state index in [1.807, 2.05) is 14.0 Å². The van der Waals surface area contributed by atoms with Crippen LogP contribution in [0.15, 0.2) is 0 Å². The van der Waals surface area contributed by atoms with Gasteiger partial charge in [0.25, 0.3) is 10.2 Å². The summed E-state index contributed by atoms with van der Waals surface area (Å²) in [5, 5.41) is 3.10. The zero-order valence-corrected chi connectivity index (χ0v) is 11.8. The molecule has 0 aromatic carbocycles. The van der Waals surface area contributed by atoms with Crippen LogP contribution in [0.25, 0.3) is 0 Å². The minimum absolute atomic E-state index is 0.254. The van der Waals surface area contributed by atoms with Crippen LogP contribution in [0.5, 0.6) is 0 Å². The standard InChI is InChI=1S/C10H20F3N3O2S/c1-8(14-2)9-3-5-16(6-4-9)19(17,18)15-7-10(11,12)13/h8-9,14-15H,3-7H2,1-2H3. The molecule has 0 bridgehead atoms. The predicted octanol–water partition coefficient (Wildman–Crippen LogP) is 0.703. The lowest BCUT2D eigenvalue weighted by Gasteiger charge is -2.34. The summed E-state index contributed by atoms with van der Waals surface area (Å²) in [4.78, 5) is 0. The molecule has 1 atom stereocenters. The highest BCUT2D eigenvalue weighted by molar-refractivity contribution is 7.87. The van der Waals surface area contributed by atoms with Crippen LogP contribution in [0.1, 0.15) is 19.8 Å². The van der Waals surface area contributed by atoms with Crippen LogP contribution in [0, 0.1) is 5.92 Å². The largest absolute Gasteiger partial charge is 0.402 e. The van der Waals surface area contributed by atoms with E-state index in [1.165, 1.54) is 0 Å². The highest BCUT2D eigenvalue weighted by Crippen LogP contribution is 2.22. The fourth-order valence-electron chi connectivity index (χ4n) is 2.12. The van der Waals surface area contributed by atoms with Gasteiger partial charge >= 0.3 is 6.18 Å². The molecular weight excluding hydrogens is 283 g/mol. The summed E-state index contributed by atoms with van der Waals surface area (Å²) in [5.74, 6) is 0.346. The Morgan fingerprint density at radius 3 is 2.26 bits per heavy atom. The van der Waals surface area contributed by atoms with Gasteiger partial charge in [-0.2, -0.15) is 30.6 Å². The normalized spacial score (nSPS) is 21.5. The van der Waals surface area contributed by atoms with Crippen molar-refractivity contribution in [3.05, 3.63) is 0 Å². The topological polar surface area (TPSA) is 61.4 Å². The van der Waals surface area contributed by atoms with Crippen LogP contribution in [0.2, 0.25) is 0 Å². The molecule has 5 nitrogen and oxygen atoms in total. The molecular formula is C10H20F3N3O2S. The molecule has 0 spiro atoms. The SMILES string of the molecule is CNC(C)C1CCN(S(=O)(=O)NCC(F)(F)F)CC1. The Hall–Kier alpha value is -0.380. The second-order valence-electron chi connectivity index (χ2n) is 4.76. The van der Waals surface area contributed by atoms with E-state index in [-0.39, 0.29) is 19.1 Å². The second-order valence-corrected chi connectivity index (χ2v) is 6.51. The Morgan fingerprint density at radius 2 is 1.84 bits per heavy atom. The van der Waals surface area contributed by atoms with E-state index in [2.05, 4.69) is 5.32 Å². The molecule has 1 heterocycles. The zero-order valence-electron chi connectivity index (χ0n) is 11.0. The molecule has 0 aromatic heterocycles. The molecule has 1 unspecified atom stereocenters. The van der Waals surface area contributed by atoms with Gasteiger partial charge in [0, 0.05) is 19.1 Å². The lowest BCUT2D eigenvalue weighted by molar-refractivity contribution is -0.121. The second kappa shape index (κ2) is 6.38. The van der Waals surface area contributed by atoms with E-state index in [0.717, 1.165) is 4.31 Å². The van der Waals surface area contributed by atoms with Crippen molar-refractivity contribution in [3.8, 4) is 0 Å². The third-order valence-corrected chi connectivity index (χ3v) is 5.01. The molecule has 19 heavy (non-hydrogen) atoms. The van der Waals surface area contributed by atoms with Gasteiger partial charge in [-0.25, -0.2) is 0 Å². The Labute approximate surface area is 111 Å². The average Bonchev–Trinajstić information content (AvgIpc) is 2.35. The number of hydrogen-bond donors (Lipinski definition) is 2. The lowest BCUT2D eigenvalue weighted by atomic mass is 9.91. The molecule has 1 aliphatic rings. The first-order valence-corrected chi connectivity index (χ1v) is 7.58. The van der Waals surface area contributed by atoms with Crippen molar-refractivity contribution >= 4 is 10.2 Å². The van der Waals surface area contributed by atoms with Crippen LogP contribution in [-0.4, -0.2) is 51.6 Å². The van der Waals surface area contributed by atoms with Crippen molar-refractivity contribution in [1.29, 1.82) is 0 Å². The Kier molecular flexibility index (Phi) is 5.60. The molecule has 1 saturated heterocycles. The Balaban J connectivity index is 2.50. The van der Waals surface area contributed by atoms with E-state index < -0.39 is 22.9 Å². The number of piperidine rings is 1. The van der Waals surface area contributed by atoms with E-state index in [0.29, 0.717) is 18.8 Å². The highest BCUT2D eigenvalue weighted by Gasteiger charge is 2.34. The van der Waals surface area contributed by atoms with E-state index in [4.69, 9.17) is 0 Å². The minimum atomic E-state index is -4.54. The van der Waals surface area contributed by atoms with Crippen molar-refractivity contribution in [2.24, 2.45) is 5.92 Å². The molecule has 0 aliphatic carbocycles. The number of nitrogens with zero attached hydrogens (tertiary/aromatic N) is 1. The van der Waals surface area contributed by atoms with Crippen LogP contribution in [-0.2, 0) is 10.2 Å². The van der Waals surface area contributed by atoms with Gasteiger partial charge in [-0.15, -0.1) is 0 Å². The maximum absolute atomic E-state index is 12.0. The van der Waals surface area contributed by atoms with Gasteiger partial charge in [-0.1, -0.05) is 0 Å². The number of hydrogen-bond acceptors (Lipinski definition) is 3. The molecule has 1 aliphatic heterocycles. The number of nitrogens with one attached hydrogen (secondary N) is 2. The summed E-state index contributed by atoms with van der Waals surface area (Å²) in [7, 11) is -2.20. The maximum Gasteiger partial charge on any atom is 0.402 e. The van der Waals surface area contributed by atoms with Crippen molar-refractivity contribution in [1.82, 2.24) is 14.3 Å². The first-order valence-electron chi connectivity index (χ1n) is 6.14. The van der Waals surface area contributed by atoms with Gasteiger partial charge in [0.15, 0.2) is 0 Å². The van der Waals surface area contributed by atoms with Gasteiger partial charge in [0.2, 0.25) is 0 Å². The van der Waals surface area contributed by atoms with Crippen molar-refractivity contribution in [2.75, 3.05) is 26.7 Å². The zero-order chi connectivity index (χ0) is 14.7. The summed E-state index contributed by atoms with van der Waals surface area (Å²) < 4.78 is 62.1. The van der Waals surface area contributed by atoms with E-state index in [9.17, 15) is 21.6 Å². The van der Waals surface area contributed by atoms with Crippen molar-refractivity contribution in [3.63, 3.8) is 0 Å². The molecule has 0 saturated carbocycles. The first-order chi connectivity index (χ1) is 8.65. The third kappa shape index (κ3) is 5.25. The van der Waals surface area contributed by atoms with E-state index in [1.54, 1.807) is 4.72 Å². The molecule has 9 heteroatoms. The summed E-state index contributed by atoms with van der Waals surface area (Å²) in [6.07, 6.45) is -3.24. The van der Waals surface area contributed by atoms with Gasteiger partial charge in [0.05, 0.1) is 0 Å². The third-order valence-electron chi connectivity index (χ3n) is 3.46. The molecule has 0 radical (unpaired) electrons. The maximum atomic E-state index is 12.0. The Bertz CT molecular complexity index is 378. The molecule has 0 aromatic rings. The van der Waals surface area contributed by atoms with Crippen LogP contribution >= 0.6 is 0 Å². The van der Waals surface area contributed by atoms with Gasteiger partial charge in [0.1, 0.15) is 6.54 Å². The molecule has 0 amide bonds. The molecule has 2 N–H and O–H groups in total. The molecule has 114 valence electrons. The summed E-state index contributed by atoms with van der Waals surface area (Å²) in [6, 6.07) is 0.271. The minimum Gasteiger partial charge on any atom is -0.317 e. The number of rotatable bonds is 5. The van der Waals surface area contributed by atoms with Gasteiger partial charge in [-0.3, -0.25) is 0 Å². The summed E-state index contributed by atoms with van der Waals surface area (Å²) in [6.45, 7) is 0.993. The fourth-order valence-corrected chi connectivity index (χ4v) is 3.34. The van der Waals surface area contributed by atoms with Crippen molar-refractivity contribution < 1.29 is 21.6 Å². The van der Waals surface area contributed by atoms with Gasteiger partial charge in [-0.05, 0) is 32.7 Å². The van der Waals surface area contributed by atoms with Crippen LogP contribution in [0.3, 0.4) is 0 Å². The van der Waals surface area contributed by atoms with Crippen LogP contribution < -0.4 is 10.0 Å². The summed E-state index contributed by atoms with van der Waals surface area (Å²) >= 11 is 0. The first kappa shape index (κ1) is 16.7. The molecule has 1 rings (SSSR count). The smallest absolute Gasteiger partial charge is 0.317 e. The summed E-state index contributed by atoms with van der Waals surface area (Å²) in [5.41, 5.74) is 0. The fraction of sp³-hybridized carbons (Fsp3) is 1.00.